The summed E-state index contributed by atoms with van der Waals surface area (Å²) in [5.74, 6) is -0.0761. The molecule has 1 saturated heterocycles. The van der Waals surface area contributed by atoms with Crippen LogP contribution in [0.25, 0.3) is 0 Å². The number of likely N-dealkylation sites (N-methyl/N-ethyl adjacent to an activating group) is 1. The molecular weight excluding hydrogens is 397 g/mol. The second-order valence-electron chi connectivity index (χ2n) is 7.34. The number of aryl methyl sites for hydroxylation is 1. The maximum atomic E-state index is 13.7. The van der Waals surface area contributed by atoms with Crippen LogP contribution in [0.15, 0.2) is 30.3 Å². The molecule has 0 aromatic heterocycles. The van der Waals surface area contributed by atoms with Crippen LogP contribution in [-0.4, -0.2) is 43.0 Å². The molecule has 2 aliphatic heterocycles. The smallest absolute Gasteiger partial charge is 0.318 e. The molecule has 0 radical (unpaired) electrons. The number of ether oxygens (including phenoxy) is 1. The molecule has 6 nitrogen and oxygen atoms in total. The lowest BCUT2D eigenvalue weighted by Gasteiger charge is -2.36. The number of hydrogen-bond acceptors (Lipinski definition) is 3. The van der Waals surface area contributed by atoms with Gasteiger partial charge in [-0.25, -0.2) is 9.18 Å². The first kappa shape index (κ1) is 19.5. The summed E-state index contributed by atoms with van der Waals surface area (Å²) in [5, 5.41) is 3.10. The number of anilines is 1. The number of nitrogens with one attached hydrogen (secondary N) is 1. The van der Waals surface area contributed by atoms with Crippen LogP contribution < -0.4 is 15.0 Å². The van der Waals surface area contributed by atoms with E-state index in [4.69, 9.17) is 16.3 Å². The molecule has 2 aromatic carbocycles. The predicted octanol–water partition coefficient (Wildman–Crippen LogP) is 3.88. The third kappa shape index (κ3) is 3.62. The quantitative estimate of drug-likeness (QED) is 0.824. The highest BCUT2D eigenvalue weighted by atomic mass is 35.5. The Hall–Kier alpha value is -2.80. The molecule has 2 heterocycles. The van der Waals surface area contributed by atoms with Gasteiger partial charge in [-0.05, 0) is 36.6 Å². The molecule has 4 rings (SSSR count). The summed E-state index contributed by atoms with van der Waals surface area (Å²) in [6.45, 7) is 3.27. The van der Waals surface area contributed by atoms with E-state index in [2.05, 4.69) is 5.32 Å². The second kappa shape index (κ2) is 7.55. The van der Waals surface area contributed by atoms with Gasteiger partial charge in [-0.15, -0.1) is 0 Å². The molecule has 152 valence electrons. The Labute approximate surface area is 173 Å². The van der Waals surface area contributed by atoms with Crippen molar-refractivity contribution < 1.29 is 18.7 Å². The van der Waals surface area contributed by atoms with Crippen molar-refractivity contribution in [2.45, 2.75) is 25.8 Å². The average Bonchev–Trinajstić information content (AvgIpc) is 2.63. The van der Waals surface area contributed by atoms with Crippen LogP contribution in [0.4, 0.5) is 14.9 Å². The number of benzene rings is 2. The van der Waals surface area contributed by atoms with Crippen molar-refractivity contribution in [3.63, 3.8) is 0 Å². The van der Waals surface area contributed by atoms with Gasteiger partial charge in [0.2, 0.25) is 5.91 Å². The minimum Gasteiger partial charge on any atom is -0.453 e. The molecule has 1 fully saturated rings. The number of likely N-dealkylation sites (tertiary alicyclic amines) is 1. The fraction of sp³-hybridized carbons (Fsp3) is 0.333. The van der Waals surface area contributed by atoms with E-state index in [1.807, 2.05) is 19.1 Å². The molecule has 2 aliphatic rings. The van der Waals surface area contributed by atoms with Gasteiger partial charge in [-0.1, -0.05) is 23.7 Å². The van der Waals surface area contributed by atoms with E-state index in [9.17, 15) is 14.0 Å². The van der Waals surface area contributed by atoms with Gasteiger partial charge in [-0.2, -0.15) is 0 Å². The molecule has 0 unspecified atom stereocenters. The van der Waals surface area contributed by atoms with Crippen LogP contribution in [0.5, 0.6) is 11.5 Å². The van der Waals surface area contributed by atoms with Crippen LogP contribution >= 0.6 is 11.6 Å². The third-order valence-corrected chi connectivity index (χ3v) is 5.66. The first-order valence-corrected chi connectivity index (χ1v) is 9.81. The molecule has 0 saturated carbocycles. The largest absolute Gasteiger partial charge is 0.453 e. The highest BCUT2D eigenvalue weighted by Gasteiger charge is 2.36. The first-order chi connectivity index (χ1) is 13.8. The van der Waals surface area contributed by atoms with Crippen LogP contribution in [-0.2, 0) is 11.2 Å². The van der Waals surface area contributed by atoms with Crippen molar-refractivity contribution in [1.82, 2.24) is 10.2 Å². The lowest BCUT2D eigenvalue weighted by molar-refractivity contribution is -0.120. The van der Waals surface area contributed by atoms with Crippen LogP contribution in [0, 0.1) is 12.7 Å². The lowest BCUT2D eigenvalue weighted by atomic mass is 9.95. The summed E-state index contributed by atoms with van der Waals surface area (Å²) in [7, 11) is 1.64. The van der Waals surface area contributed by atoms with Gasteiger partial charge in [0.25, 0.3) is 0 Å². The summed E-state index contributed by atoms with van der Waals surface area (Å²) in [5.41, 5.74) is 2.24. The Kier molecular flexibility index (Phi) is 5.08. The number of carbonyl (C=O) groups is 2. The zero-order valence-electron chi connectivity index (χ0n) is 16.2. The Morgan fingerprint density at radius 2 is 2.03 bits per heavy atom. The van der Waals surface area contributed by atoms with E-state index in [0.29, 0.717) is 30.9 Å². The Balaban J connectivity index is 1.65. The highest BCUT2D eigenvalue weighted by Crippen LogP contribution is 2.42. The van der Waals surface area contributed by atoms with E-state index in [1.165, 1.54) is 23.1 Å². The molecule has 3 amide bonds. The van der Waals surface area contributed by atoms with E-state index < -0.39 is 11.9 Å². The fourth-order valence-electron chi connectivity index (χ4n) is 3.56. The summed E-state index contributed by atoms with van der Waals surface area (Å²) >= 11 is 6.15. The van der Waals surface area contributed by atoms with Crippen molar-refractivity contribution in [3.05, 3.63) is 52.3 Å². The van der Waals surface area contributed by atoms with Gasteiger partial charge in [0.05, 0.1) is 10.7 Å². The number of rotatable bonds is 3. The summed E-state index contributed by atoms with van der Waals surface area (Å²) in [4.78, 5) is 28.4. The normalized spacial score (nSPS) is 18.2. The van der Waals surface area contributed by atoms with E-state index in [1.54, 1.807) is 11.9 Å². The van der Waals surface area contributed by atoms with Crippen LogP contribution in [0.1, 0.15) is 17.5 Å². The van der Waals surface area contributed by atoms with Crippen molar-refractivity contribution in [3.8, 4) is 11.5 Å². The molecule has 1 atom stereocenters. The molecule has 8 heteroatoms. The SMILES string of the molecule is Cc1ccc2c(c1Oc1cc(F)ccc1Cl)N(C)C(=O)[C@H](NC(=O)N1CCC1)C2. The standard InChI is InChI=1S/C21H21ClFN3O3/c1-12-4-5-13-10-16(24-21(28)26-8-3-9-26)20(27)25(2)18(13)19(12)29-17-11-14(23)6-7-15(17)22/h4-7,11,16H,3,8-10H2,1-2H3,(H,24,28)/t16-/m1/s1. The number of fused-ring (bicyclic) bond motifs is 1. The number of amides is 3. The van der Waals surface area contributed by atoms with Gasteiger partial charge in [0.15, 0.2) is 5.75 Å². The number of carbonyl (C=O) groups excluding carboxylic acids is 2. The lowest BCUT2D eigenvalue weighted by Crippen LogP contribution is -2.57. The van der Waals surface area contributed by atoms with Crippen molar-refractivity contribution in [1.29, 1.82) is 0 Å². The highest BCUT2D eigenvalue weighted by molar-refractivity contribution is 6.32. The Bertz CT molecular complexity index is 993. The monoisotopic (exact) mass is 417 g/mol. The van der Waals surface area contributed by atoms with Crippen molar-refractivity contribution in [2.24, 2.45) is 0 Å². The molecule has 0 spiro atoms. The minimum absolute atomic E-state index is 0.178. The van der Waals surface area contributed by atoms with Crippen molar-refractivity contribution >= 4 is 29.2 Å². The number of hydrogen-bond donors (Lipinski definition) is 1. The number of halogens is 2. The van der Waals surface area contributed by atoms with E-state index in [-0.39, 0.29) is 22.7 Å². The molecule has 0 aliphatic carbocycles. The summed E-state index contributed by atoms with van der Waals surface area (Å²) in [6, 6.07) is 6.81. The zero-order chi connectivity index (χ0) is 20.7. The maximum absolute atomic E-state index is 13.7. The molecule has 0 bridgehead atoms. The Morgan fingerprint density at radius 1 is 1.28 bits per heavy atom. The fourth-order valence-corrected chi connectivity index (χ4v) is 3.72. The van der Waals surface area contributed by atoms with Crippen LogP contribution in [0.3, 0.4) is 0 Å². The van der Waals surface area contributed by atoms with Gasteiger partial charge in [0.1, 0.15) is 17.6 Å². The average molecular weight is 418 g/mol. The molecule has 1 N–H and O–H groups in total. The van der Waals surface area contributed by atoms with Crippen LogP contribution in [0.2, 0.25) is 5.02 Å². The minimum atomic E-state index is -0.645. The van der Waals surface area contributed by atoms with E-state index >= 15 is 0 Å². The topological polar surface area (TPSA) is 61.9 Å². The molecule has 29 heavy (non-hydrogen) atoms. The second-order valence-corrected chi connectivity index (χ2v) is 7.75. The predicted molar refractivity (Wildman–Crippen MR) is 108 cm³/mol. The molecular formula is C21H21ClFN3O3. The number of nitrogens with zero attached hydrogens (tertiary/aromatic N) is 2. The van der Waals surface area contributed by atoms with Gasteiger partial charge < -0.3 is 19.9 Å². The van der Waals surface area contributed by atoms with E-state index in [0.717, 1.165) is 17.5 Å². The van der Waals surface area contributed by atoms with Gasteiger partial charge >= 0.3 is 6.03 Å². The van der Waals surface area contributed by atoms with Gasteiger partial charge in [-0.3, -0.25) is 4.79 Å². The number of urea groups is 1. The van der Waals surface area contributed by atoms with Crippen molar-refractivity contribution in [2.75, 3.05) is 25.0 Å². The summed E-state index contributed by atoms with van der Waals surface area (Å²) < 4.78 is 19.6. The third-order valence-electron chi connectivity index (χ3n) is 5.35. The maximum Gasteiger partial charge on any atom is 0.318 e. The first-order valence-electron chi connectivity index (χ1n) is 9.43. The van der Waals surface area contributed by atoms with Gasteiger partial charge in [0, 0.05) is 32.6 Å². The zero-order valence-corrected chi connectivity index (χ0v) is 16.9. The molecule has 2 aromatic rings. The Morgan fingerprint density at radius 3 is 2.72 bits per heavy atom. The summed E-state index contributed by atoms with van der Waals surface area (Å²) in [6.07, 6.45) is 1.34.